The summed E-state index contributed by atoms with van der Waals surface area (Å²) in [5.41, 5.74) is 1.35. The van der Waals surface area contributed by atoms with Crippen LogP contribution in [0.1, 0.15) is 25.3 Å². The van der Waals surface area contributed by atoms with Crippen LogP contribution in [-0.4, -0.2) is 0 Å². The number of hydrogen-bond acceptors (Lipinski definition) is 0. The van der Waals surface area contributed by atoms with Crippen LogP contribution < -0.4 is 10.4 Å². The molecule has 1 heteroatoms. The van der Waals surface area contributed by atoms with Crippen LogP contribution >= 0.6 is 22.6 Å². The monoisotopic (exact) mass is 448 g/mol. The summed E-state index contributed by atoms with van der Waals surface area (Å²) < 4.78 is 1.28. The van der Waals surface area contributed by atoms with E-state index in [1.54, 1.807) is 0 Å². The topological polar surface area (TPSA) is 0 Å². The van der Waals surface area contributed by atoms with Gasteiger partial charge >= 0.3 is 0 Å². The van der Waals surface area contributed by atoms with E-state index in [9.17, 15) is 0 Å². The highest BCUT2D eigenvalue weighted by atomic mass is 127. The molecule has 128 valence electrons. The highest BCUT2D eigenvalue weighted by molar-refractivity contribution is 14.1. The lowest BCUT2D eigenvalue weighted by atomic mass is 9.94. The summed E-state index contributed by atoms with van der Waals surface area (Å²) in [6, 6.07) is 26.6. The van der Waals surface area contributed by atoms with Crippen molar-refractivity contribution in [1.29, 1.82) is 0 Å². The molecular formula is C25H21I. The van der Waals surface area contributed by atoms with Crippen molar-refractivity contribution < 1.29 is 0 Å². The zero-order chi connectivity index (χ0) is 18.1. The molecule has 0 saturated heterocycles. The van der Waals surface area contributed by atoms with E-state index < -0.39 is 0 Å². The summed E-state index contributed by atoms with van der Waals surface area (Å²) in [7, 11) is 0. The first-order valence-corrected chi connectivity index (χ1v) is 10.1. The number of benzene rings is 4. The lowest BCUT2D eigenvalue weighted by Crippen LogP contribution is -2.24. The molecule has 1 unspecified atom stereocenters. The average Bonchev–Trinajstić information content (AvgIpc) is 2.68. The Morgan fingerprint density at radius 2 is 1.54 bits per heavy atom. The van der Waals surface area contributed by atoms with E-state index in [4.69, 9.17) is 0 Å². The van der Waals surface area contributed by atoms with E-state index in [1.807, 2.05) is 0 Å². The van der Waals surface area contributed by atoms with Crippen molar-refractivity contribution in [3.63, 3.8) is 0 Å². The van der Waals surface area contributed by atoms with Crippen molar-refractivity contribution in [3.05, 3.63) is 92.4 Å². The first-order chi connectivity index (χ1) is 12.7. The minimum atomic E-state index is 0.365. The number of fused-ring (bicyclic) bond motifs is 3. The normalized spacial score (nSPS) is 14.3. The number of rotatable bonds is 2. The Kier molecular flexibility index (Phi) is 4.82. The quantitative estimate of drug-likeness (QED) is 0.261. The van der Waals surface area contributed by atoms with Gasteiger partial charge in [0.05, 0.1) is 0 Å². The predicted molar refractivity (Wildman–Crippen MR) is 123 cm³/mol. The first kappa shape index (κ1) is 17.3. The molecule has 0 nitrogen and oxygen atoms in total. The maximum atomic E-state index is 2.37. The van der Waals surface area contributed by atoms with Crippen LogP contribution in [0.2, 0.25) is 0 Å². The Balaban J connectivity index is 1.82. The zero-order valence-corrected chi connectivity index (χ0v) is 17.2. The van der Waals surface area contributed by atoms with Crippen LogP contribution in [-0.2, 0) is 0 Å². The fourth-order valence-corrected chi connectivity index (χ4v) is 4.14. The molecule has 0 spiro atoms. The van der Waals surface area contributed by atoms with Crippen molar-refractivity contribution in [2.24, 2.45) is 0 Å². The van der Waals surface area contributed by atoms with E-state index in [-0.39, 0.29) is 0 Å². The van der Waals surface area contributed by atoms with E-state index in [0.717, 1.165) is 0 Å². The molecular weight excluding hydrogens is 427 g/mol. The van der Waals surface area contributed by atoms with Gasteiger partial charge in [0.1, 0.15) is 0 Å². The molecule has 0 heterocycles. The molecule has 0 radical (unpaired) electrons. The second kappa shape index (κ2) is 7.24. The fraction of sp³-hybridized carbons (Fsp3) is 0.120. The molecule has 0 N–H and O–H groups in total. The van der Waals surface area contributed by atoms with Crippen LogP contribution in [0, 0.1) is 3.57 Å². The van der Waals surface area contributed by atoms with Gasteiger partial charge in [-0.1, -0.05) is 79.7 Å². The number of hydrogen-bond donors (Lipinski definition) is 0. The summed E-state index contributed by atoms with van der Waals surface area (Å²) in [5.74, 6) is 0.365. The van der Waals surface area contributed by atoms with Crippen LogP contribution in [0.25, 0.3) is 33.7 Å². The Morgan fingerprint density at radius 1 is 0.769 bits per heavy atom. The van der Waals surface area contributed by atoms with Gasteiger partial charge in [-0.05, 0) is 85.1 Å². The third-order valence-electron chi connectivity index (χ3n) is 5.08. The summed E-state index contributed by atoms with van der Waals surface area (Å²) in [6.45, 7) is 4.38. The number of halogens is 1. The van der Waals surface area contributed by atoms with Crippen molar-refractivity contribution in [3.8, 4) is 0 Å². The minimum Gasteiger partial charge on any atom is -0.0798 e. The van der Waals surface area contributed by atoms with Gasteiger partial charge in [0.2, 0.25) is 0 Å². The van der Waals surface area contributed by atoms with E-state index in [1.165, 1.54) is 41.1 Å². The van der Waals surface area contributed by atoms with Gasteiger partial charge in [-0.15, -0.1) is 0 Å². The summed E-state index contributed by atoms with van der Waals surface area (Å²) in [6.07, 6.45) is 4.56. The van der Waals surface area contributed by atoms with E-state index in [2.05, 4.69) is 121 Å². The Hall–Kier alpha value is -2.13. The standard InChI is InChI=1S/C25H21I/c1-3-18-16-23(26)12-10-21(18)14-17(2)20-11-13-25-22(15-20)9-8-19-6-4-5-7-24(19)25/h3-17H,1-2H3/b18-3-,21-14-. The maximum absolute atomic E-state index is 2.37. The predicted octanol–water partition coefficient (Wildman–Crippen LogP) is 5.98. The Bertz CT molecular complexity index is 1220. The zero-order valence-electron chi connectivity index (χ0n) is 15.0. The maximum Gasteiger partial charge on any atom is 0.0136 e. The first-order valence-electron chi connectivity index (χ1n) is 9.01. The molecule has 26 heavy (non-hydrogen) atoms. The molecule has 1 atom stereocenters. The van der Waals surface area contributed by atoms with Gasteiger partial charge in [-0.2, -0.15) is 0 Å². The van der Waals surface area contributed by atoms with E-state index in [0.29, 0.717) is 5.92 Å². The molecule has 0 aliphatic rings. The molecule has 0 saturated carbocycles. The molecule has 4 aromatic carbocycles. The molecule has 0 bridgehead atoms. The molecule has 0 aromatic heterocycles. The van der Waals surface area contributed by atoms with Gasteiger partial charge in [-0.3, -0.25) is 0 Å². The van der Waals surface area contributed by atoms with Gasteiger partial charge < -0.3 is 0 Å². The minimum absolute atomic E-state index is 0.365. The summed E-state index contributed by atoms with van der Waals surface area (Å²) in [5, 5.41) is 7.87. The van der Waals surface area contributed by atoms with Crippen LogP contribution in [0.4, 0.5) is 0 Å². The van der Waals surface area contributed by atoms with Crippen molar-refractivity contribution >= 4 is 56.3 Å². The van der Waals surface area contributed by atoms with Crippen LogP contribution in [0.15, 0.2) is 72.8 Å². The summed E-state index contributed by atoms with van der Waals surface area (Å²) in [4.78, 5) is 0. The fourth-order valence-electron chi connectivity index (χ4n) is 3.63. The van der Waals surface area contributed by atoms with Crippen molar-refractivity contribution in [2.75, 3.05) is 0 Å². The van der Waals surface area contributed by atoms with Gasteiger partial charge in [0.25, 0.3) is 0 Å². The summed E-state index contributed by atoms with van der Waals surface area (Å²) >= 11 is 2.37. The second-order valence-electron chi connectivity index (χ2n) is 6.78. The molecule has 0 amide bonds. The molecule has 4 rings (SSSR count). The van der Waals surface area contributed by atoms with E-state index >= 15 is 0 Å². The van der Waals surface area contributed by atoms with Gasteiger partial charge in [0.15, 0.2) is 0 Å². The van der Waals surface area contributed by atoms with Gasteiger partial charge in [0, 0.05) is 3.57 Å². The molecule has 0 fully saturated rings. The SMILES string of the molecule is C/C=c1/cc(I)cc/c1=C/C(C)c1ccc2c(ccc3ccccc32)c1. The highest BCUT2D eigenvalue weighted by Crippen LogP contribution is 2.28. The van der Waals surface area contributed by atoms with Crippen molar-refractivity contribution in [1.82, 2.24) is 0 Å². The Labute approximate surface area is 168 Å². The third-order valence-corrected chi connectivity index (χ3v) is 5.76. The van der Waals surface area contributed by atoms with Crippen molar-refractivity contribution in [2.45, 2.75) is 19.8 Å². The molecule has 4 aromatic rings. The van der Waals surface area contributed by atoms with Gasteiger partial charge in [-0.25, -0.2) is 0 Å². The third kappa shape index (κ3) is 3.28. The largest absolute Gasteiger partial charge is 0.0798 e. The molecule has 0 aliphatic carbocycles. The lowest BCUT2D eigenvalue weighted by molar-refractivity contribution is 1.02. The molecule has 0 aliphatic heterocycles. The van der Waals surface area contributed by atoms with Crippen LogP contribution in [0.5, 0.6) is 0 Å². The smallest absolute Gasteiger partial charge is 0.0136 e. The van der Waals surface area contributed by atoms with Crippen LogP contribution in [0.3, 0.4) is 0 Å². The highest BCUT2D eigenvalue weighted by Gasteiger charge is 2.06. The average molecular weight is 448 g/mol. The Morgan fingerprint density at radius 3 is 2.38 bits per heavy atom. The second-order valence-corrected chi connectivity index (χ2v) is 8.03. The lowest BCUT2D eigenvalue weighted by Gasteiger charge is -2.10.